The lowest BCUT2D eigenvalue weighted by molar-refractivity contribution is -0.121. The van der Waals surface area contributed by atoms with Gasteiger partial charge in [-0.15, -0.1) is 12.4 Å². The van der Waals surface area contributed by atoms with Crippen LogP contribution in [0.3, 0.4) is 0 Å². The highest BCUT2D eigenvalue weighted by Gasteiger charge is 2.11. The van der Waals surface area contributed by atoms with Crippen LogP contribution in [0.1, 0.15) is 55.3 Å². The Hall–Kier alpha value is -1.79. The summed E-state index contributed by atoms with van der Waals surface area (Å²) in [5, 5.41) is 6.42. The summed E-state index contributed by atoms with van der Waals surface area (Å²) in [6, 6.07) is 7.25. The summed E-state index contributed by atoms with van der Waals surface area (Å²) in [7, 11) is 0. The van der Waals surface area contributed by atoms with Crippen molar-refractivity contribution < 1.29 is 14.3 Å². The maximum Gasteiger partial charge on any atom is 0.248 e. The number of hydrogen-bond acceptors (Lipinski definition) is 4. The number of nitrogens with two attached hydrogens (primary N) is 1. The second-order valence-corrected chi connectivity index (χ2v) is 6.48. The Morgan fingerprint density at radius 2 is 1.85 bits per heavy atom. The highest BCUT2D eigenvalue weighted by atomic mass is 35.5. The highest BCUT2D eigenvalue weighted by molar-refractivity contribution is 5.93. The third kappa shape index (κ3) is 8.54. The molecule has 26 heavy (non-hydrogen) atoms. The van der Waals surface area contributed by atoms with Crippen molar-refractivity contribution in [2.45, 2.75) is 51.0 Å². The largest absolute Gasteiger partial charge is 0.493 e. The van der Waals surface area contributed by atoms with Gasteiger partial charge in [0.1, 0.15) is 5.75 Å². The molecule has 2 amide bonds. The third-order valence-electron chi connectivity index (χ3n) is 4.45. The van der Waals surface area contributed by atoms with Crippen LogP contribution >= 0.6 is 12.4 Å². The number of carbonyl (C=O) groups is 2. The maximum absolute atomic E-state index is 11.8. The monoisotopic (exact) mass is 383 g/mol. The number of ether oxygens (including phenoxy) is 1. The number of benzene rings is 1. The average Bonchev–Trinajstić information content (AvgIpc) is 2.88. The minimum absolute atomic E-state index is 0. The molecule has 7 heteroatoms. The topological polar surface area (TPSA) is 93.5 Å². The van der Waals surface area contributed by atoms with E-state index in [-0.39, 0.29) is 31.3 Å². The van der Waals surface area contributed by atoms with Gasteiger partial charge in [-0.1, -0.05) is 31.7 Å². The van der Waals surface area contributed by atoms with Crippen LogP contribution in [-0.4, -0.2) is 37.6 Å². The fraction of sp³-hybridized carbons (Fsp3) is 0.579. The van der Waals surface area contributed by atoms with Crippen molar-refractivity contribution in [1.29, 1.82) is 0 Å². The summed E-state index contributed by atoms with van der Waals surface area (Å²) in [4.78, 5) is 22.9. The first kappa shape index (κ1) is 22.3. The standard InChI is InChI=1S/C19H29N3O3.ClH/c20-19(24)15-6-5-9-17(14-15)25-13-10-18(23)22-12-11-21-16-7-3-1-2-4-8-16;/h5-6,9,14,16,21H,1-4,7-8,10-13H2,(H2,20,24)(H,22,23);1H. The molecule has 1 fully saturated rings. The van der Waals surface area contributed by atoms with Gasteiger partial charge >= 0.3 is 0 Å². The number of carbonyl (C=O) groups excluding carboxylic acids is 2. The SMILES string of the molecule is Cl.NC(=O)c1cccc(OCCC(=O)NCCNC2CCCCCC2)c1. The molecule has 1 aliphatic carbocycles. The Kier molecular flexibility index (Phi) is 10.7. The number of hydrogen-bond donors (Lipinski definition) is 3. The molecule has 0 radical (unpaired) electrons. The average molecular weight is 384 g/mol. The number of primary amides is 1. The summed E-state index contributed by atoms with van der Waals surface area (Å²) in [6.07, 6.45) is 8.06. The molecule has 0 bridgehead atoms. The first-order valence-corrected chi connectivity index (χ1v) is 9.18. The normalized spacial score (nSPS) is 14.8. The van der Waals surface area contributed by atoms with Gasteiger partial charge in [-0.2, -0.15) is 0 Å². The minimum Gasteiger partial charge on any atom is -0.493 e. The zero-order chi connectivity index (χ0) is 17.9. The number of nitrogens with one attached hydrogen (secondary N) is 2. The number of rotatable bonds is 9. The van der Waals surface area contributed by atoms with Crippen LogP contribution in [0.2, 0.25) is 0 Å². The van der Waals surface area contributed by atoms with Crippen molar-refractivity contribution in [2.24, 2.45) is 5.73 Å². The highest BCUT2D eigenvalue weighted by Crippen LogP contribution is 2.16. The molecule has 0 atom stereocenters. The lowest BCUT2D eigenvalue weighted by Gasteiger charge is -2.16. The molecule has 1 saturated carbocycles. The third-order valence-corrected chi connectivity index (χ3v) is 4.45. The van der Waals surface area contributed by atoms with Gasteiger partial charge in [0.05, 0.1) is 13.0 Å². The summed E-state index contributed by atoms with van der Waals surface area (Å²) in [6.45, 7) is 1.70. The zero-order valence-corrected chi connectivity index (χ0v) is 16.0. The molecule has 2 rings (SSSR count). The number of halogens is 1. The summed E-state index contributed by atoms with van der Waals surface area (Å²) >= 11 is 0. The smallest absolute Gasteiger partial charge is 0.248 e. The first-order valence-electron chi connectivity index (χ1n) is 9.18. The Morgan fingerprint density at radius 1 is 1.12 bits per heavy atom. The molecule has 0 spiro atoms. The molecular formula is C19H30ClN3O3. The van der Waals surface area contributed by atoms with Gasteiger partial charge in [0.25, 0.3) is 0 Å². The Morgan fingerprint density at radius 3 is 2.54 bits per heavy atom. The van der Waals surface area contributed by atoms with E-state index < -0.39 is 5.91 Å². The lowest BCUT2D eigenvalue weighted by Crippen LogP contribution is -2.37. The van der Waals surface area contributed by atoms with Gasteiger partial charge in [0, 0.05) is 24.7 Å². The lowest BCUT2D eigenvalue weighted by atomic mass is 10.1. The summed E-state index contributed by atoms with van der Waals surface area (Å²) < 4.78 is 5.50. The van der Waals surface area contributed by atoms with E-state index >= 15 is 0 Å². The van der Waals surface area contributed by atoms with Gasteiger partial charge in [-0.05, 0) is 31.0 Å². The summed E-state index contributed by atoms with van der Waals surface area (Å²) in [5.41, 5.74) is 5.62. The molecule has 1 aliphatic rings. The maximum atomic E-state index is 11.8. The van der Waals surface area contributed by atoms with E-state index in [9.17, 15) is 9.59 Å². The van der Waals surface area contributed by atoms with E-state index in [4.69, 9.17) is 10.5 Å². The van der Waals surface area contributed by atoms with Crippen LogP contribution in [0.25, 0.3) is 0 Å². The second-order valence-electron chi connectivity index (χ2n) is 6.48. The second kappa shape index (κ2) is 12.5. The van der Waals surface area contributed by atoms with E-state index in [0.717, 1.165) is 6.54 Å². The van der Waals surface area contributed by atoms with Crippen molar-refractivity contribution in [3.63, 3.8) is 0 Å². The van der Waals surface area contributed by atoms with Crippen LogP contribution in [0.4, 0.5) is 0 Å². The van der Waals surface area contributed by atoms with E-state index in [0.29, 0.717) is 23.9 Å². The fourth-order valence-corrected chi connectivity index (χ4v) is 3.05. The van der Waals surface area contributed by atoms with Crippen molar-refractivity contribution >= 4 is 24.2 Å². The van der Waals surface area contributed by atoms with Gasteiger partial charge in [-0.3, -0.25) is 9.59 Å². The van der Waals surface area contributed by atoms with Gasteiger partial charge < -0.3 is 21.1 Å². The fourth-order valence-electron chi connectivity index (χ4n) is 3.05. The van der Waals surface area contributed by atoms with Crippen LogP contribution < -0.4 is 21.1 Å². The molecule has 0 unspecified atom stereocenters. The van der Waals surface area contributed by atoms with E-state index in [2.05, 4.69) is 10.6 Å². The molecule has 6 nitrogen and oxygen atoms in total. The summed E-state index contributed by atoms with van der Waals surface area (Å²) in [5.74, 6) is 0.0113. The van der Waals surface area contributed by atoms with Crippen molar-refractivity contribution in [3.05, 3.63) is 29.8 Å². The molecule has 0 aromatic heterocycles. The molecule has 0 aliphatic heterocycles. The molecular weight excluding hydrogens is 354 g/mol. The van der Waals surface area contributed by atoms with Crippen molar-refractivity contribution in [2.75, 3.05) is 19.7 Å². The van der Waals surface area contributed by atoms with Gasteiger partial charge in [-0.25, -0.2) is 0 Å². The molecule has 0 saturated heterocycles. The van der Waals surface area contributed by atoms with E-state index in [1.54, 1.807) is 24.3 Å². The van der Waals surface area contributed by atoms with Gasteiger partial charge in [0.2, 0.25) is 11.8 Å². The van der Waals surface area contributed by atoms with Crippen molar-refractivity contribution in [1.82, 2.24) is 10.6 Å². The predicted octanol–water partition coefficient (Wildman–Crippen LogP) is 2.40. The number of amides is 2. The molecule has 0 heterocycles. The van der Waals surface area contributed by atoms with Crippen LogP contribution in [0, 0.1) is 0 Å². The van der Waals surface area contributed by atoms with Crippen LogP contribution in [0.5, 0.6) is 5.75 Å². The molecule has 1 aromatic rings. The Bertz CT molecular complexity index is 561. The molecule has 1 aromatic carbocycles. The Labute approximate surface area is 161 Å². The zero-order valence-electron chi connectivity index (χ0n) is 15.2. The quantitative estimate of drug-likeness (QED) is 0.451. The predicted molar refractivity (Wildman–Crippen MR) is 105 cm³/mol. The molecule has 146 valence electrons. The first-order chi connectivity index (χ1) is 12.1. The molecule has 4 N–H and O–H groups in total. The van der Waals surface area contributed by atoms with E-state index in [1.165, 1.54) is 38.5 Å². The van der Waals surface area contributed by atoms with Crippen molar-refractivity contribution in [3.8, 4) is 5.75 Å². The van der Waals surface area contributed by atoms with E-state index in [1.807, 2.05) is 0 Å². The minimum atomic E-state index is -0.496. The Balaban J connectivity index is 0.00000338. The van der Waals surface area contributed by atoms with Gasteiger partial charge in [0.15, 0.2) is 0 Å². The van der Waals surface area contributed by atoms with Crippen LogP contribution in [0.15, 0.2) is 24.3 Å². The van der Waals surface area contributed by atoms with Crippen LogP contribution in [-0.2, 0) is 4.79 Å².